The number of nitrogens with one attached hydrogen (secondary N) is 1. The van der Waals surface area contributed by atoms with E-state index in [1.807, 2.05) is 37.3 Å². The standard InChI is InChI=1S/C37H38Cl2FN3O4S/c1-26-16-20-31(21-17-26)48(46,47)43(34-15-9-8-14-33(34)40)25-36(44)42(24-28-18-19-29(38)23-32(28)39)35(22-27-10-4-2-5-11-27)37(45)41-30-12-6-3-7-13-30/h2,4-5,8-11,14-21,23,30,35H,3,6-7,12-13,22,24-25H2,1H3,(H,41,45)/t35-/m0/s1. The van der Waals surface area contributed by atoms with Gasteiger partial charge in [0, 0.05) is 29.1 Å². The molecule has 1 aliphatic carbocycles. The van der Waals surface area contributed by atoms with Crippen molar-refractivity contribution in [3.8, 4) is 0 Å². The van der Waals surface area contributed by atoms with Gasteiger partial charge >= 0.3 is 0 Å². The first-order chi connectivity index (χ1) is 23.0. The highest BCUT2D eigenvalue weighted by molar-refractivity contribution is 7.92. The first-order valence-electron chi connectivity index (χ1n) is 15.9. The lowest BCUT2D eigenvalue weighted by molar-refractivity contribution is -0.140. The molecule has 0 unspecified atom stereocenters. The Morgan fingerprint density at radius 2 is 1.56 bits per heavy atom. The number of sulfonamides is 1. The molecule has 7 nitrogen and oxygen atoms in total. The number of carbonyl (C=O) groups excluding carboxylic acids is 2. The molecule has 0 radical (unpaired) electrons. The van der Waals surface area contributed by atoms with E-state index < -0.39 is 34.3 Å². The van der Waals surface area contributed by atoms with Gasteiger partial charge in [0.25, 0.3) is 10.0 Å². The van der Waals surface area contributed by atoms with Crippen molar-refractivity contribution in [1.82, 2.24) is 10.2 Å². The minimum Gasteiger partial charge on any atom is -0.352 e. The van der Waals surface area contributed by atoms with E-state index in [4.69, 9.17) is 23.2 Å². The average Bonchev–Trinajstić information content (AvgIpc) is 3.07. The Morgan fingerprint density at radius 3 is 2.23 bits per heavy atom. The summed E-state index contributed by atoms with van der Waals surface area (Å²) in [6.45, 7) is 0.921. The van der Waals surface area contributed by atoms with Crippen molar-refractivity contribution in [2.24, 2.45) is 0 Å². The van der Waals surface area contributed by atoms with Crippen molar-refractivity contribution in [3.63, 3.8) is 0 Å². The van der Waals surface area contributed by atoms with Gasteiger partial charge in [-0.25, -0.2) is 12.8 Å². The molecule has 252 valence electrons. The van der Waals surface area contributed by atoms with E-state index in [0.29, 0.717) is 10.6 Å². The smallest absolute Gasteiger partial charge is 0.264 e. The van der Waals surface area contributed by atoms with Crippen molar-refractivity contribution in [2.75, 3.05) is 10.8 Å². The van der Waals surface area contributed by atoms with Crippen molar-refractivity contribution in [1.29, 1.82) is 0 Å². The molecule has 4 aromatic rings. The maximum atomic E-state index is 15.3. The van der Waals surface area contributed by atoms with Gasteiger partial charge in [-0.05, 0) is 67.3 Å². The number of amides is 2. The van der Waals surface area contributed by atoms with Crippen molar-refractivity contribution in [3.05, 3.63) is 130 Å². The van der Waals surface area contributed by atoms with E-state index in [1.54, 1.807) is 30.3 Å². The molecule has 0 heterocycles. The molecule has 1 saturated carbocycles. The SMILES string of the molecule is Cc1ccc(S(=O)(=O)N(CC(=O)N(Cc2ccc(Cl)cc2Cl)[C@@H](Cc2ccccc2)C(=O)NC2CCCCC2)c2ccccc2F)cc1. The molecule has 11 heteroatoms. The van der Waals surface area contributed by atoms with Crippen LogP contribution in [0.3, 0.4) is 0 Å². The number of rotatable bonds is 12. The molecule has 48 heavy (non-hydrogen) atoms. The largest absolute Gasteiger partial charge is 0.352 e. The second-order valence-electron chi connectivity index (χ2n) is 12.1. The Morgan fingerprint density at radius 1 is 0.896 bits per heavy atom. The topological polar surface area (TPSA) is 86.8 Å². The fourth-order valence-corrected chi connectivity index (χ4v) is 7.83. The van der Waals surface area contributed by atoms with Crippen LogP contribution < -0.4 is 9.62 Å². The summed E-state index contributed by atoms with van der Waals surface area (Å²) in [5, 5.41) is 3.84. The third-order valence-corrected chi connectivity index (χ3v) is 10.9. The molecule has 1 fully saturated rings. The lowest BCUT2D eigenvalue weighted by Crippen LogP contribution is -2.55. The second-order valence-corrected chi connectivity index (χ2v) is 14.8. The quantitative estimate of drug-likeness (QED) is 0.163. The molecular weight excluding hydrogens is 672 g/mol. The van der Waals surface area contributed by atoms with Gasteiger partial charge in [-0.2, -0.15) is 0 Å². The number of anilines is 1. The minimum absolute atomic E-state index is 0.0441. The van der Waals surface area contributed by atoms with Gasteiger partial charge in [0.05, 0.1) is 10.6 Å². The summed E-state index contributed by atoms with van der Waals surface area (Å²) in [5.74, 6) is -1.88. The van der Waals surface area contributed by atoms with Gasteiger partial charge in [0.15, 0.2) is 0 Å². The normalized spacial score (nSPS) is 14.2. The maximum absolute atomic E-state index is 15.3. The molecule has 4 aromatic carbocycles. The zero-order valence-corrected chi connectivity index (χ0v) is 28.9. The molecule has 0 aliphatic heterocycles. The highest BCUT2D eigenvalue weighted by Gasteiger charge is 2.36. The number of halogens is 3. The van der Waals surface area contributed by atoms with Gasteiger partial charge in [-0.3, -0.25) is 13.9 Å². The molecule has 5 rings (SSSR count). The van der Waals surface area contributed by atoms with Crippen molar-refractivity contribution < 1.29 is 22.4 Å². The zero-order chi connectivity index (χ0) is 34.3. The molecular formula is C37H38Cl2FN3O4S. The van der Waals surface area contributed by atoms with Crippen molar-refractivity contribution in [2.45, 2.75) is 69.0 Å². The maximum Gasteiger partial charge on any atom is 0.264 e. The number of hydrogen-bond acceptors (Lipinski definition) is 4. The fourth-order valence-electron chi connectivity index (χ4n) is 5.94. The highest BCUT2D eigenvalue weighted by Crippen LogP contribution is 2.29. The third kappa shape index (κ3) is 8.75. The number of nitrogens with zero attached hydrogens (tertiary/aromatic N) is 2. The number of hydrogen-bond donors (Lipinski definition) is 1. The summed E-state index contributed by atoms with van der Waals surface area (Å²) in [5.41, 5.74) is 1.86. The van der Waals surface area contributed by atoms with E-state index in [-0.39, 0.29) is 40.5 Å². The summed E-state index contributed by atoms with van der Waals surface area (Å²) in [7, 11) is -4.43. The first kappa shape index (κ1) is 35.4. The molecule has 0 aromatic heterocycles. The molecule has 1 N–H and O–H groups in total. The van der Waals surface area contributed by atoms with E-state index in [2.05, 4.69) is 5.32 Å². The van der Waals surface area contributed by atoms with E-state index in [1.165, 1.54) is 35.2 Å². The Labute approximate surface area is 291 Å². The lowest BCUT2D eigenvalue weighted by atomic mass is 9.94. The van der Waals surface area contributed by atoms with Crippen LogP contribution in [0, 0.1) is 12.7 Å². The van der Waals surface area contributed by atoms with Crippen LogP contribution in [0.25, 0.3) is 0 Å². The highest BCUT2D eigenvalue weighted by atomic mass is 35.5. The van der Waals surface area contributed by atoms with E-state index in [9.17, 15) is 18.0 Å². The number of para-hydroxylation sites is 1. The van der Waals surface area contributed by atoms with Crippen LogP contribution in [0.1, 0.15) is 48.8 Å². The summed E-state index contributed by atoms with van der Waals surface area (Å²) in [6, 6.07) is 24.6. The molecule has 0 saturated heterocycles. The second kappa shape index (κ2) is 16.0. The predicted molar refractivity (Wildman–Crippen MR) is 188 cm³/mol. The zero-order valence-electron chi connectivity index (χ0n) is 26.6. The van der Waals surface area contributed by atoms with E-state index in [0.717, 1.165) is 53.6 Å². The Balaban J connectivity index is 1.59. The van der Waals surface area contributed by atoms with Crippen LogP contribution in [-0.4, -0.2) is 43.8 Å². The first-order valence-corrected chi connectivity index (χ1v) is 18.1. The fraction of sp³-hybridized carbons (Fsp3) is 0.297. The number of carbonyl (C=O) groups is 2. The summed E-state index contributed by atoms with van der Waals surface area (Å²) >= 11 is 12.8. The number of benzene rings is 4. The van der Waals surface area contributed by atoms with Gasteiger partial charge in [-0.1, -0.05) is 109 Å². The van der Waals surface area contributed by atoms with Crippen LogP contribution in [0.4, 0.5) is 10.1 Å². The van der Waals surface area contributed by atoms with Crippen LogP contribution in [0.5, 0.6) is 0 Å². The van der Waals surface area contributed by atoms with Gasteiger partial charge in [0.1, 0.15) is 18.4 Å². The predicted octanol–water partition coefficient (Wildman–Crippen LogP) is 7.73. The number of aryl methyl sites for hydroxylation is 1. The lowest BCUT2D eigenvalue weighted by Gasteiger charge is -2.35. The average molecular weight is 711 g/mol. The Kier molecular flexibility index (Phi) is 11.8. The van der Waals surface area contributed by atoms with Crippen molar-refractivity contribution >= 4 is 50.7 Å². The molecule has 0 spiro atoms. The van der Waals surface area contributed by atoms with Gasteiger partial charge in [0.2, 0.25) is 11.8 Å². The molecule has 1 aliphatic rings. The molecule has 2 amide bonds. The van der Waals surface area contributed by atoms with Crippen LogP contribution in [0.2, 0.25) is 10.0 Å². The van der Waals surface area contributed by atoms with Crippen LogP contribution >= 0.6 is 23.2 Å². The summed E-state index contributed by atoms with van der Waals surface area (Å²) in [4.78, 5) is 30.1. The monoisotopic (exact) mass is 709 g/mol. The van der Waals surface area contributed by atoms with Gasteiger partial charge in [-0.15, -0.1) is 0 Å². The molecule has 0 bridgehead atoms. The van der Waals surface area contributed by atoms with Crippen LogP contribution in [0.15, 0.2) is 102 Å². The summed E-state index contributed by atoms with van der Waals surface area (Å²) < 4.78 is 44.4. The third-order valence-electron chi connectivity index (χ3n) is 8.59. The Bertz CT molecular complexity index is 1840. The van der Waals surface area contributed by atoms with Crippen LogP contribution in [-0.2, 0) is 32.6 Å². The Hall–Kier alpha value is -3.92. The molecule has 1 atom stereocenters. The summed E-state index contributed by atoms with van der Waals surface area (Å²) in [6.07, 6.45) is 4.90. The van der Waals surface area contributed by atoms with E-state index >= 15 is 4.39 Å². The minimum atomic E-state index is -4.43. The van der Waals surface area contributed by atoms with Gasteiger partial charge < -0.3 is 10.2 Å².